The van der Waals surface area contributed by atoms with Crippen LogP contribution in [0.15, 0.2) is 0 Å². The molecule has 0 aromatic rings. The first kappa shape index (κ1) is 13.9. The van der Waals surface area contributed by atoms with Gasteiger partial charge in [0.15, 0.2) is 0 Å². The van der Waals surface area contributed by atoms with E-state index in [2.05, 4.69) is 20.8 Å². The van der Waals surface area contributed by atoms with E-state index in [1.165, 1.54) is 0 Å². The smallest absolute Gasteiger partial charge is 0.0622 e. The summed E-state index contributed by atoms with van der Waals surface area (Å²) in [7, 11) is 1.75. The lowest BCUT2D eigenvalue weighted by Gasteiger charge is -2.24. The van der Waals surface area contributed by atoms with Gasteiger partial charge in [-0.05, 0) is 39.0 Å². The predicted octanol–water partition coefficient (Wildman–Crippen LogP) is 2.99. The van der Waals surface area contributed by atoms with Crippen molar-refractivity contribution in [3.8, 4) is 0 Å². The number of ether oxygens (including phenoxy) is 1. The van der Waals surface area contributed by atoms with Crippen molar-refractivity contribution in [2.75, 3.05) is 7.11 Å². The van der Waals surface area contributed by atoms with Gasteiger partial charge in [-0.25, -0.2) is 0 Å². The lowest BCUT2D eigenvalue weighted by Crippen LogP contribution is -2.23. The van der Waals surface area contributed by atoms with E-state index in [1.807, 2.05) is 6.92 Å². The second-order valence-corrected chi connectivity index (χ2v) is 4.81. The van der Waals surface area contributed by atoms with Gasteiger partial charge >= 0.3 is 0 Å². The fraction of sp³-hybridized carbons (Fsp3) is 1.00. The Morgan fingerprint density at radius 3 is 2.36 bits per heavy atom. The Bertz CT molecular complexity index is 143. The maximum atomic E-state index is 9.58. The molecule has 86 valence electrons. The maximum Gasteiger partial charge on any atom is 0.0622 e. The molecule has 0 radical (unpaired) electrons. The quantitative estimate of drug-likeness (QED) is 0.687. The van der Waals surface area contributed by atoms with Crippen molar-refractivity contribution in [2.45, 2.75) is 65.1 Å². The van der Waals surface area contributed by atoms with E-state index in [9.17, 15) is 5.11 Å². The molecule has 2 atom stereocenters. The van der Waals surface area contributed by atoms with Gasteiger partial charge in [0.2, 0.25) is 0 Å². The van der Waals surface area contributed by atoms with Crippen LogP contribution >= 0.6 is 0 Å². The van der Waals surface area contributed by atoms with Gasteiger partial charge in [0, 0.05) is 7.11 Å². The van der Waals surface area contributed by atoms with Gasteiger partial charge in [0.05, 0.1) is 11.7 Å². The summed E-state index contributed by atoms with van der Waals surface area (Å²) in [6.07, 6.45) is 3.99. The standard InChI is InChI=1S/C12H26O2/c1-6-11(13)10(2)8-7-9-12(3,4)14-5/h10-11,13H,6-9H2,1-5H3/t10-,11-/m1/s1. The van der Waals surface area contributed by atoms with Gasteiger partial charge in [-0.1, -0.05) is 20.3 Å². The molecule has 0 fully saturated rings. The Kier molecular flexibility index (Phi) is 6.38. The number of hydrogen-bond acceptors (Lipinski definition) is 2. The molecule has 1 N–H and O–H groups in total. The molecule has 0 aromatic heterocycles. The van der Waals surface area contributed by atoms with Crippen LogP contribution in [0.2, 0.25) is 0 Å². The summed E-state index contributed by atoms with van der Waals surface area (Å²) in [6.45, 7) is 8.36. The molecular formula is C12H26O2. The number of methoxy groups -OCH3 is 1. The van der Waals surface area contributed by atoms with Crippen LogP contribution in [0.25, 0.3) is 0 Å². The molecule has 14 heavy (non-hydrogen) atoms. The lowest BCUT2D eigenvalue weighted by atomic mass is 9.93. The van der Waals surface area contributed by atoms with Crippen molar-refractivity contribution in [3.05, 3.63) is 0 Å². The Morgan fingerprint density at radius 1 is 1.36 bits per heavy atom. The summed E-state index contributed by atoms with van der Waals surface area (Å²) in [4.78, 5) is 0. The summed E-state index contributed by atoms with van der Waals surface area (Å²) < 4.78 is 5.34. The Morgan fingerprint density at radius 2 is 1.93 bits per heavy atom. The molecule has 0 saturated carbocycles. The van der Waals surface area contributed by atoms with Crippen LogP contribution in [0.3, 0.4) is 0 Å². The minimum absolute atomic E-state index is 0.0170. The van der Waals surface area contributed by atoms with Crippen molar-refractivity contribution < 1.29 is 9.84 Å². The molecule has 0 unspecified atom stereocenters. The van der Waals surface area contributed by atoms with Gasteiger partial charge in [-0.2, -0.15) is 0 Å². The minimum atomic E-state index is -0.138. The molecular weight excluding hydrogens is 176 g/mol. The van der Waals surface area contributed by atoms with Gasteiger partial charge in [-0.3, -0.25) is 0 Å². The first-order chi connectivity index (χ1) is 6.43. The van der Waals surface area contributed by atoms with Crippen molar-refractivity contribution in [1.82, 2.24) is 0 Å². The molecule has 0 rings (SSSR count). The van der Waals surface area contributed by atoms with Crippen molar-refractivity contribution in [2.24, 2.45) is 5.92 Å². The monoisotopic (exact) mass is 202 g/mol. The van der Waals surface area contributed by atoms with Crippen molar-refractivity contribution in [1.29, 1.82) is 0 Å². The highest BCUT2D eigenvalue weighted by molar-refractivity contribution is 4.70. The van der Waals surface area contributed by atoms with Gasteiger partial charge in [0.25, 0.3) is 0 Å². The third-order valence-electron chi connectivity index (χ3n) is 3.07. The van der Waals surface area contributed by atoms with Crippen LogP contribution in [-0.2, 0) is 4.74 Å². The summed E-state index contributed by atoms with van der Waals surface area (Å²) in [6, 6.07) is 0. The second kappa shape index (κ2) is 6.41. The van der Waals surface area contributed by atoms with Crippen LogP contribution in [-0.4, -0.2) is 23.9 Å². The van der Waals surface area contributed by atoms with Crippen LogP contribution in [0.1, 0.15) is 53.4 Å². The van der Waals surface area contributed by atoms with Crippen LogP contribution in [0.5, 0.6) is 0 Å². The zero-order chi connectivity index (χ0) is 11.2. The molecule has 0 aliphatic rings. The molecule has 0 saturated heterocycles. The first-order valence-electron chi connectivity index (χ1n) is 5.66. The molecule has 2 nitrogen and oxygen atoms in total. The second-order valence-electron chi connectivity index (χ2n) is 4.81. The average molecular weight is 202 g/mol. The molecule has 2 heteroatoms. The topological polar surface area (TPSA) is 29.5 Å². The van der Waals surface area contributed by atoms with Crippen molar-refractivity contribution >= 4 is 0 Å². The van der Waals surface area contributed by atoms with E-state index >= 15 is 0 Å². The summed E-state index contributed by atoms with van der Waals surface area (Å²) in [5.74, 6) is 0.410. The first-order valence-corrected chi connectivity index (χ1v) is 5.66. The van der Waals surface area contributed by atoms with E-state index in [4.69, 9.17) is 4.74 Å². The normalized spacial score (nSPS) is 16.7. The number of rotatable bonds is 7. The molecule has 0 amide bonds. The van der Waals surface area contributed by atoms with E-state index in [-0.39, 0.29) is 11.7 Å². The maximum absolute atomic E-state index is 9.58. The fourth-order valence-electron chi connectivity index (χ4n) is 1.55. The van der Waals surface area contributed by atoms with E-state index in [0.29, 0.717) is 5.92 Å². The molecule has 0 aliphatic heterocycles. The van der Waals surface area contributed by atoms with E-state index in [1.54, 1.807) is 7.11 Å². The highest BCUT2D eigenvalue weighted by atomic mass is 16.5. The van der Waals surface area contributed by atoms with Gasteiger partial charge in [-0.15, -0.1) is 0 Å². The van der Waals surface area contributed by atoms with Crippen LogP contribution in [0.4, 0.5) is 0 Å². The van der Waals surface area contributed by atoms with Crippen LogP contribution < -0.4 is 0 Å². The third kappa shape index (κ3) is 5.61. The Hall–Kier alpha value is -0.0800. The van der Waals surface area contributed by atoms with E-state index in [0.717, 1.165) is 25.7 Å². The lowest BCUT2D eigenvalue weighted by molar-refractivity contribution is 0.0106. The zero-order valence-corrected chi connectivity index (χ0v) is 10.3. The summed E-state index contributed by atoms with van der Waals surface area (Å²) >= 11 is 0. The molecule has 0 spiro atoms. The van der Waals surface area contributed by atoms with Crippen LogP contribution in [0, 0.1) is 5.92 Å². The molecule has 0 aliphatic carbocycles. The number of hydrogen-bond donors (Lipinski definition) is 1. The summed E-state index contributed by atoms with van der Waals surface area (Å²) in [5.41, 5.74) is -0.0170. The highest BCUT2D eigenvalue weighted by Crippen LogP contribution is 2.21. The van der Waals surface area contributed by atoms with Gasteiger partial charge < -0.3 is 9.84 Å². The number of aliphatic hydroxyl groups is 1. The molecule has 0 heterocycles. The van der Waals surface area contributed by atoms with Gasteiger partial charge in [0.1, 0.15) is 0 Å². The third-order valence-corrected chi connectivity index (χ3v) is 3.07. The zero-order valence-electron chi connectivity index (χ0n) is 10.3. The average Bonchev–Trinajstić information content (AvgIpc) is 2.16. The molecule has 0 bridgehead atoms. The van der Waals surface area contributed by atoms with E-state index < -0.39 is 0 Å². The fourth-order valence-corrected chi connectivity index (χ4v) is 1.55. The Labute approximate surface area is 88.7 Å². The SMILES string of the molecule is CC[C@@H](O)[C@H](C)CCCC(C)(C)OC. The molecule has 0 aromatic carbocycles. The largest absolute Gasteiger partial charge is 0.393 e. The summed E-state index contributed by atoms with van der Waals surface area (Å²) in [5, 5.41) is 9.58. The Balaban J connectivity index is 3.63. The number of aliphatic hydroxyl groups excluding tert-OH is 1. The van der Waals surface area contributed by atoms with Crippen molar-refractivity contribution in [3.63, 3.8) is 0 Å². The minimum Gasteiger partial charge on any atom is -0.393 e. The highest BCUT2D eigenvalue weighted by Gasteiger charge is 2.17. The predicted molar refractivity (Wildman–Crippen MR) is 60.4 cm³/mol.